The van der Waals surface area contributed by atoms with Gasteiger partial charge in [-0.05, 0) is 37.0 Å². The van der Waals surface area contributed by atoms with Gasteiger partial charge in [0.15, 0.2) is 5.49 Å². The zero-order valence-electron chi connectivity index (χ0n) is 9.85. The van der Waals surface area contributed by atoms with E-state index in [0.29, 0.717) is 5.56 Å². The van der Waals surface area contributed by atoms with E-state index >= 15 is 0 Å². The van der Waals surface area contributed by atoms with E-state index < -0.39 is 0 Å². The third-order valence-electron chi connectivity index (χ3n) is 3.27. The molecule has 2 aromatic rings. The Morgan fingerprint density at radius 2 is 2.00 bits per heavy atom. The van der Waals surface area contributed by atoms with Crippen LogP contribution in [0.25, 0.3) is 5.69 Å². The van der Waals surface area contributed by atoms with Crippen molar-refractivity contribution in [2.24, 2.45) is 0 Å². The van der Waals surface area contributed by atoms with Gasteiger partial charge in [-0.15, -0.1) is 0 Å². The lowest BCUT2D eigenvalue weighted by atomic mass is 10.1. The van der Waals surface area contributed by atoms with E-state index in [1.165, 1.54) is 0 Å². The second-order valence-corrected chi connectivity index (χ2v) is 4.36. The van der Waals surface area contributed by atoms with Crippen molar-refractivity contribution in [3.63, 3.8) is 0 Å². The molecule has 1 heterocycles. The van der Waals surface area contributed by atoms with Crippen LogP contribution >= 0.6 is 0 Å². The van der Waals surface area contributed by atoms with E-state index in [1.54, 1.807) is 4.68 Å². The third-order valence-corrected chi connectivity index (χ3v) is 3.27. The van der Waals surface area contributed by atoms with Crippen LogP contribution in [0.1, 0.15) is 23.2 Å². The average Bonchev–Trinajstić information content (AvgIpc) is 2.87. The van der Waals surface area contributed by atoms with Gasteiger partial charge in [0, 0.05) is 0 Å². The van der Waals surface area contributed by atoms with Gasteiger partial charge < -0.3 is 0 Å². The molecule has 88 valence electrons. The topological polar surface area (TPSA) is 65.5 Å². The van der Waals surface area contributed by atoms with Gasteiger partial charge in [-0.3, -0.25) is 5.41 Å². The molecule has 0 amide bonds. The van der Waals surface area contributed by atoms with E-state index in [1.807, 2.05) is 30.3 Å². The molecule has 1 aromatic heterocycles. The van der Waals surface area contributed by atoms with Crippen LogP contribution in [0.15, 0.2) is 30.3 Å². The lowest BCUT2D eigenvalue weighted by Gasteiger charge is -2.10. The van der Waals surface area contributed by atoms with Gasteiger partial charge >= 0.3 is 0 Å². The van der Waals surface area contributed by atoms with Crippen molar-refractivity contribution >= 4 is 0 Å². The fourth-order valence-electron chi connectivity index (χ4n) is 2.40. The first-order chi connectivity index (χ1) is 8.81. The quantitative estimate of drug-likeness (QED) is 0.819. The third kappa shape index (κ3) is 1.52. The number of fused-ring (bicyclic) bond motifs is 1. The first kappa shape index (κ1) is 10.7. The monoisotopic (exact) mass is 236 g/mol. The fraction of sp³-hybridized carbons (Fsp3) is 0.214. The molecule has 1 N–H and O–H groups in total. The summed E-state index contributed by atoms with van der Waals surface area (Å²) < 4.78 is 1.56. The van der Waals surface area contributed by atoms with E-state index in [4.69, 9.17) is 5.41 Å². The minimum absolute atomic E-state index is 0.185. The van der Waals surface area contributed by atoms with Crippen LogP contribution in [0.4, 0.5) is 0 Å². The zero-order chi connectivity index (χ0) is 12.5. The van der Waals surface area contributed by atoms with Gasteiger partial charge in [-0.2, -0.15) is 10.4 Å². The number of nitrogens with one attached hydrogen (secondary N) is 1. The molecule has 3 rings (SSSR count). The largest absolute Gasteiger partial charge is 0.282 e. The van der Waals surface area contributed by atoms with Gasteiger partial charge in [0.25, 0.3) is 0 Å². The summed E-state index contributed by atoms with van der Waals surface area (Å²) in [7, 11) is 0. The standard InChI is InChI=1S/C14H12N4/c15-9-12-11-7-4-8-13(11)17-18(14(12)16)10-5-2-1-3-6-10/h1-3,5-6,16H,4,7-8H2. The maximum absolute atomic E-state index is 9.24. The summed E-state index contributed by atoms with van der Waals surface area (Å²) in [5.41, 5.74) is 3.42. The Morgan fingerprint density at radius 3 is 2.72 bits per heavy atom. The molecule has 1 aliphatic carbocycles. The van der Waals surface area contributed by atoms with Gasteiger partial charge in [0.2, 0.25) is 0 Å². The molecule has 4 nitrogen and oxygen atoms in total. The highest BCUT2D eigenvalue weighted by Crippen LogP contribution is 2.21. The molecule has 0 unspecified atom stereocenters. The molecule has 0 fully saturated rings. The van der Waals surface area contributed by atoms with Gasteiger partial charge in [-0.1, -0.05) is 18.2 Å². The van der Waals surface area contributed by atoms with Crippen LogP contribution in [0.3, 0.4) is 0 Å². The normalized spacial score (nSPS) is 13.1. The Labute approximate surface area is 105 Å². The maximum Gasteiger partial charge on any atom is 0.164 e. The molecule has 0 saturated heterocycles. The van der Waals surface area contributed by atoms with Crippen molar-refractivity contribution in [3.05, 3.63) is 52.6 Å². The van der Waals surface area contributed by atoms with Gasteiger partial charge in [-0.25, -0.2) is 4.68 Å². The zero-order valence-corrected chi connectivity index (χ0v) is 9.85. The number of aryl methyl sites for hydroxylation is 1. The molecule has 1 aromatic carbocycles. The highest BCUT2D eigenvalue weighted by molar-refractivity contribution is 5.42. The Kier molecular flexibility index (Phi) is 2.45. The molecule has 18 heavy (non-hydrogen) atoms. The van der Waals surface area contributed by atoms with Crippen LogP contribution in [-0.2, 0) is 12.8 Å². The molecule has 4 heteroatoms. The lowest BCUT2D eigenvalue weighted by molar-refractivity contribution is 0.737. The van der Waals surface area contributed by atoms with Gasteiger partial charge in [0.05, 0.1) is 11.4 Å². The van der Waals surface area contributed by atoms with Crippen LogP contribution in [0, 0.1) is 16.7 Å². The summed E-state index contributed by atoms with van der Waals surface area (Å²) in [5.74, 6) is 0. The summed E-state index contributed by atoms with van der Waals surface area (Å²) in [4.78, 5) is 0. The second-order valence-electron chi connectivity index (χ2n) is 4.36. The highest BCUT2D eigenvalue weighted by Gasteiger charge is 2.20. The summed E-state index contributed by atoms with van der Waals surface area (Å²) >= 11 is 0. The number of aromatic nitrogens is 2. The number of para-hydroxylation sites is 1. The predicted octanol–water partition coefficient (Wildman–Crippen LogP) is 1.71. The summed E-state index contributed by atoms with van der Waals surface area (Å²) in [6, 6.07) is 11.7. The average molecular weight is 236 g/mol. The molecule has 0 bridgehead atoms. The van der Waals surface area contributed by atoms with Crippen molar-refractivity contribution in [3.8, 4) is 11.8 Å². The molecule has 0 atom stereocenters. The van der Waals surface area contributed by atoms with E-state index in [9.17, 15) is 5.26 Å². The number of nitriles is 1. The number of nitrogens with zero attached hydrogens (tertiary/aromatic N) is 3. The van der Waals surface area contributed by atoms with Crippen LogP contribution in [0.5, 0.6) is 0 Å². The summed E-state index contributed by atoms with van der Waals surface area (Å²) in [6.07, 6.45) is 2.79. The van der Waals surface area contributed by atoms with Crippen LogP contribution in [0.2, 0.25) is 0 Å². The van der Waals surface area contributed by atoms with Gasteiger partial charge in [0.1, 0.15) is 11.6 Å². The van der Waals surface area contributed by atoms with Crippen LogP contribution in [-0.4, -0.2) is 9.78 Å². The molecular weight excluding hydrogens is 224 g/mol. The minimum Gasteiger partial charge on any atom is -0.282 e. The number of benzene rings is 1. The molecule has 0 spiro atoms. The predicted molar refractivity (Wildman–Crippen MR) is 66.2 cm³/mol. The maximum atomic E-state index is 9.24. The number of hydrogen-bond donors (Lipinski definition) is 1. The van der Waals surface area contributed by atoms with Crippen molar-refractivity contribution < 1.29 is 0 Å². The second kappa shape index (κ2) is 4.11. The molecule has 0 aliphatic heterocycles. The first-order valence-electron chi connectivity index (χ1n) is 5.96. The molecule has 0 saturated carbocycles. The Bertz CT molecular complexity index is 692. The van der Waals surface area contributed by atoms with E-state index in [-0.39, 0.29) is 5.49 Å². The Hall–Kier alpha value is -2.41. The smallest absolute Gasteiger partial charge is 0.164 e. The Balaban J connectivity index is 2.31. The fourth-order valence-corrected chi connectivity index (χ4v) is 2.40. The molecular formula is C14H12N4. The van der Waals surface area contributed by atoms with Crippen molar-refractivity contribution in [1.29, 1.82) is 10.7 Å². The minimum atomic E-state index is 0.185. The number of hydrogen-bond acceptors (Lipinski definition) is 3. The summed E-state index contributed by atoms with van der Waals surface area (Å²) in [5, 5.41) is 21.9. The number of rotatable bonds is 1. The van der Waals surface area contributed by atoms with Crippen molar-refractivity contribution in [1.82, 2.24) is 9.78 Å². The first-order valence-corrected chi connectivity index (χ1v) is 5.96. The van der Waals surface area contributed by atoms with Crippen LogP contribution < -0.4 is 5.49 Å². The summed E-state index contributed by atoms with van der Waals surface area (Å²) in [6.45, 7) is 0. The van der Waals surface area contributed by atoms with E-state index in [0.717, 1.165) is 36.2 Å². The Morgan fingerprint density at radius 1 is 1.22 bits per heavy atom. The molecule has 1 aliphatic rings. The highest BCUT2D eigenvalue weighted by atomic mass is 15.3. The lowest BCUT2D eigenvalue weighted by Crippen LogP contribution is -2.26. The van der Waals surface area contributed by atoms with E-state index in [2.05, 4.69) is 11.2 Å². The van der Waals surface area contributed by atoms with Crippen molar-refractivity contribution in [2.75, 3.05) is 0 Å². The SMILES string of the molecule is N#Cc1c2c(nn(-c3ccccc3)c1=N)CCC2. The van der Waals surface area contributed by atoms with Crippen molar-refractivity contribution in [2.45, 2.75) is 19.3 Å². The molecule has 0 radical (unpaired) electrons.